The van der Waals surface area contributed by atoms with Crippen LogP contribution in [0.1, 0.15) is 53.7 Å². The van der Waals surface area contributed by atoms with Crippen LogP contribution in [0.2, 0.25) is 0 Å². The number of hydrogen-bond acceptors (Lipinski definition) is 4. The number of carbonyl (C=O) groups is 1. The third-order valence-electron chi connectivity index (χ3n) is 6.07. The van der Waals surface area contributed by atoms with E-state index in [9.17, 15) is 4.79 Å². The normalized spacial score (nSPS) is 17.9. The largest absolute Gasteiger partial charge is 0.492 e. The molecule has 0 saturated carbocycles. The number of carbonyl (C=O) groups excluding carboxylic acids is 1. The standard InChI is InChI=1S/C25H32N2O2S/c1-3-5-11-27-17-20-9-7-6-8-18(20)13-21(27)16-26-25(28)23-15-22(30-4-2)14-19-10-12-29-24(19)23/h6-9,14-15,21H,3-5,10-13,16-17H2,1-2H3,(H,26,28)/t21-/m0/s1. The summed E-state index contributed by atoms with van der Waals surface area (Å²) >= 11 is 1.78. The first-order valence-corrected chi connectivity index (χ1v) is 12.2. The Labute approximate surface area is 184 Å². The molecular weight excluding hydrogens is 392 g/mol. The molecule has 1 amide bonds. The van der Waals surface area contributed by atoms with Crippen molar-refractivity contribution in [2.45, 2.75) is 57.0 Å². The third kappa shape index (κ3) is 4.68. The van der Waals surface area contributed by atoms with Gasteiger partial charge in [0.2, 0.25) is 0 Å². The first-order chi connectivity index (χ1) is 14.7. The molecule has 160 valence electrons. The van der Waals surface area contributed by atoms with Crippen LogP contribution in [-0.2, 0) is 19.4 Å². The molecule has 0 aliphatic carbocycles. The Morgan fingerprint density at radius 1 is 1.20 bits per heavy atom. The van der Waals surface area contributed by atoms with E-state index in [4.69, 9.17) is 4.74 Å². The molecule has 30 heavy (non-hydrogen) atoms. The molecule has 0 spiro atoms. The lowest BCUT2D eigenvalue weighted by atomic mass is 9.93. The molecule has 2 aromatic rings. The lowest BCUT2D eigenvalue weighted by Gasteiger charge is -2.37. The van der Waals surface area contributed by atoms with Gasteiger partial charge in [-0.1, -0.05) is 44.5 Å². The second kappa shape index (κ2) is 9.88. The number of amides is 1. The molecule has 2 aliphatic heterocycles. The van der Waals surface area contributed by atoms with E-state index >= 15 is 0 Å². The van der Waals surface area contributed by atoms with Crippen molar-refractivity contribution in [3.8, 4) is 5.75 Å². The minimum atomic E-state index is -0.0130. The summed E-state index contributed by atoms with van der Waals surface area (Å²) in [6.07, 6.45) is 4.24. The predicted octanol–water partition coefficient (Wildman–Crippen LogP) is 4.69. The molecule has 1 N–H and O–H groups in total. The van der Waals surface area contributed by atoms with Crippen LogP contribution < -0.4 is 10.1 Å². The van der Waals surface area contributed by atoms with Crippen LogP contribution >= 0.6 is 11.8 Å². The van der Waals surface area contributed by atoms with E-state index < -0.39 is 0 Å². The topological polar surface area (TPSA) is 41.6 Å². The van der Waals surface area contributed by atoms with Crippen molar-refractivity contribution in [2.24, 2.45) is 0 Å². The van der Waals surface area contributed by atoms with Gasteiger partial charge in [-0.15, -0.1) is 11.8 Å². The van der Waals surface area contributed by atoms with E-state index in [1.807, 2.05) is 6.07 Å². The Bertz CT molecular complexity index is 899. The first kappa shape index (κ1) is 21.3. The number of hydrogen-bond donors (Lipinski definition) is 1. The average molecular weight is 425 g/mol. The van der Waals surface area contributed by atoms with Crippen molar-refractivity contribution in [3.63, 3.8) is 0 Å². The zero-order valence-corrected chi connectivity index (χ0v) is 18.9. The summed E-state index contributed by atoms with van der Waals surface area (Å²) in [4.78, 5) is 16.8. The van der Waals surface area contributed by atoms with Gasteiger partial charge in [-0.05, 0) is 54.0 Å². The lowest BCUT2D eigenvalue weighted by Crippen LogP contribution is -2.47. The van der Waals surface area contributed by atoms with Crippen molar-refractivity contribution in [3.05, 3.63) is 58.7 Å². The van der Waals surface area contributed by atoms with Crippen LogP contribution in [0.3, 0.4) is 0 Å². The molecule has 4 rings (SSSR count). The van der Waals surface area contributed by atoms with Crippen LogP contribution in [-0.4, -0.2) is 42.3 Å². The molecule has 1 atom stereocenters. The fraction of sp³-hybridized carbons (Fsp3) is 0.480. The van der Waals surface area contributed by atoms with Gasteiger partial charge in [0.05, 0.1) is 12.2 Å². The van der Waals surface area contributed by atoms with E-state index in [2.05, 4.69) is 54.4 Å². The van der Waals surface area contributed by atoms with E-state index in [1.165, 1.54) is 24.0 Å². The lowest BCUT2D eigenvalue weighted by molar-refractivity contribution is 0.0921. The number of rotatable bonds is 8. The summed E-state index contributed by atoms with van der Waals surface area (Å²) in [5.41, 5.74) is 4.69. The summed E-state index contributed by atoms with van der Waals surface area (Å²) in [5, 5.41) is 3.24. The molecule has 4 nitrogen and oxygen atoms in total. The molecule has 0 fully saturated rings. The van der Waals surface area contributed by atoms with E-state index in [0.29, 0.717) is 24.8 Å². The van der Waals surface area contributed by atoms with Gasteiger partial charge < -0.3 is 10.1 Å². The third-order valence-corrected chi connectivity index (χ3v) is 6.93. The molecule has 5 heteroatoms. The van der Waals surface area contributed by atoms with E-state index in [-0.39, 0.29) is 5.91 Å². The maximum absolute atomic E-state index is 13.2. The number of ether oxygens (including phenoxy) is 1. The van der Waals surface area contributed by atoms with Crippen molar-refractivity contribution in [2.75, 3.05) is 25.4 Å². The molecule has 0 radical (unpaired) electrons. The van der Waals surface area contributed by atoms with Crippen LogP contribution in [0.5, 0.6) is 5.75 Å². The highest BCUT2D eigenvalue weighted by Crippen LogP contribution is 2.34. The molecular formula is C25H32N2O2S. The maximum Gasteiger partial charge on any atom is 0.255 e. The van der Waals surface area contributed by atoms with Gasteiger partial charge in [-0.3, -0.25) is 9.69 Å². The van der Waals surface area contributed by atoms with Gasteiger partial charge in [0.25, 0.3) is 5.91 Å². The molecule has 2 heterocycles. The summed E-state index contributed by atoms with van der Waals surface area (Å²) < 4.78 is 5.82. The smallest absolute Gasteiger partial charge is 0.255 e. The number of nitrogens with one attached hydrogen (secondary N) is 1. The van der Waals surface area contributed by atoms with E-state index in [1.54, 1.807) is 11.8 Å². The van der Waals surface area contributed by atoms with Crippen LogP contribution in [0.15, 0.2) is 41.3 Å². The van der Waals surface area contributed by atoms with Gasteiger partial charge in [-0.25, -0.2) is 0 Å². The van der Waals surface area contributed by atoms with Crippen molar-refractivity contribution < 1.29 is 9.53 Å². The zero-order chi connectivity index (χ0) is 20.9. The number of thioether (sulfide) groups is 1. The fourth-order valence-corrected chi connectivity index (χ4v) is 5.23. The summed E-state index contributed by atoms with van der Waals surface area (Å²) in [5.74, 6) is 1.76. The quantitative estimate of drug-likeness (QED) is 0.624. The highest BCUT2D eigenvalue weighted by atomic mass is 32.2. The second-order valence-electron chi connectivity index (χ2n) is 8.15. The molecule has 0 aromatic heterocycles. The zero-order valence-electron chi connectivity index (χ0n) is 18.1. The average Bonchev–Trinajstić information content (AvgIpc) is 3.24. The number of fused-ring (bicyclic) bond motifs is 2. The Balaban J connectivity index is 1.48. The second-order valence-corrected chi connectivity index (χ2v) is 9.49. The minimum absolute atomic E-state index is 0.0130. The Morgan fingerprint density at radius 2 is 2.03 bits per heavy atom. The van der Waals surface area contributed by atoms with Crippen LogP contribution in [0.4, 0.5) is 0 Å². The minimum Gasteiger partial charge on any atom is -0.492 e. The first-order valence-electron chi connectivity index (χ1n) is 11.2. The summed E-state index contributed by atoms with van der Waals surface area (Å²) in [6.45, 7) is 7.75. The van der Waals surface area contributed by atoms with Crippen LogP contribution in [0, 0.1) is 0 Å². The Kier molecular flexibility index (Phi) is 7.00. The summed E-state index contributed by atoms with van der Waals surface area (Å²) in [7, 11) is 0. The fourth-order valence-electron chi connectivity index (χ4n) is 4.47. The molecule has 0 saturated heterocycles. The number of unbranched alkanes of at least 4 members (excludes halogenated alkanes) is 1. The van der Waals surface area contributed by atoms with Gasteiger partial charge in [0, 0.05) is 30.4 Å². The Hall–Kier alpha value is -1.98. The van der Waals surface area contributed by atoms with Crippen molar-refractivity contribution >= 4 is 17.7 Å². The monoisotopic (exact) mass is 424 g/mol. The Morgan fingerprint density at radius 3 is 2.83 bits per heavy atom. The highest BCUT2D eigenvalue weighted by molar-refractivity contribution is 7.99. The molecule has 0 unspecified atom stereocenters. The highest BCUT2D eigenvalue weighted by Gasteiger charge is 2.27. The molecule has 0 bridgehead atoms. The van der Waals surface area contributed by atoms with Gasteiger partial charge in [0.15, 0.2) is 0 Å². The van der Waals surface area contributed by atoms with Gasteiger partial charge in [0.1, 0.15) is 5.75 Å². The van der Waals surface area contributed by atoms with Crippen LogP contribution in [0.25, 0.3) is 0 Å². The van der Waals surface area contributed by atoms with Crippen molar-refractivity contribution in [1.29, 1.82) is 0 Å². The summed E-state index contributed by atoms with van der Waals surface area (Å²) in [6, 6.07) is 13.2. The molecule has 2 aliphatic rings. The van der Waals surface area contributed by atoms with Gasteiger partial charge in [-0.2, -0.15) is 0 Å². The number of nitrogens with zero attached hydrogens (tertiary/aromatic N) is 1. The predicted molar refractivity (Wildman–Crippen MR) is 124 cm³/mol. The van der Waals surface area contributed by atoms with E-state index in [0.717, 1.165) is 47.9 Å². The number of benzene rings is 2. The SMILES string of the molecule is CCCCN1Cc2ccccc2C[C@H]1CNC(=O)c1cc(SCC)cc2c1OCC2. The maximum atomic E-state index is 13.2. The molecule has 2 aromatic carbocycles. The van der Waals surface area contributed by atoms with Crippen molar-refractivity contribution in [1.82, 2.24) is 10.2 Å². The van der Waals surface area contributed by atoms with Gasteiger partial charge >= 0.3 is 0 Å².